The lowest BCUT2D eigenvalue weighted by Gasteiger charge is -2.37. The van der Waals surface area contributed by atoms with Crippen molar-refractivity contribution in [1.29, 1.82) is 0 Å². The van der Waals surface area contributed by atoms with Gasteiger partial charge in [0.05, 0.1) is 11.0 Å². The van der Waals surface area contributed by atoms with Gasteiger partial charge in [-0.15, -0.1) is 11.8 Å². The van der Waals surface area contributed by atoms with Crippen molar-refractivity contribution in [3.8, 4) is 0 Å². The first kappa shape index (κ1) is 20.2. The molecule has 148 valence electrons. The smallest absolute Gasteiger partial charge is 0.235 e. The quantitative estimate of drug-likeness (QED) is 0.811. The van der Waals surface area contributed by atoms with Crippen molar-refractivity contribution >= 4 is 35.0 Å². The number of aryl methyl sites for hydroxylation is 1. The van der Waals surface area contributed by atoms with Crippen molar-refractivity contribution in [1.82, 2.24) is 9.88 Å². The zero-order valence-electron chi connectivity index (χ0n) is 16.3. The molecule has 7 heteroatoms. The van der Waals surface area contributed by atoms with E-state index in [1.807, 2.05) is 55.1 Å². The van der Waals surface area contributed by atoms with E-state index in [1.54, 1.807) is 12.4 Å². The van der Waals surface area contributed by atoms with Gasteiger partial charge in [-0.05, 0) is 38.1 Å². The molecule has 1 fully saturated rings. The Balaban J connectivity index is 1.42. The lowest BCUT2D eigenvalue weighted by Crippen LogP contribution is -2.50. The molecule has 2 aromatic rings. The minimum Gasteiger partial charge on any atom is -0.368 e. The molecule has 1 atom stereocenters. The monoisotopic (exact) mass is 398 g/mol. The molecule has 1 N–H and O–H groups in total. The van der Waals surface area contributed by atoms with Crippen LogP contribution in [0.25, 0.3) is 0 Å². The Bertz CT molecular complexity index is 790. The molecule has 2 amide bonds. The van der Waals surface area contributed by atoms with Crippen LogP contribution < -0.4 is 10.2 Å². The molecule has 0 radical (unpaired) electrons. The summed E-state index contributed by atoms with van der Waals surface area (Å²) in [6.45, 7) is 6.89. The number of nitrogens with one attached hydrogen (secondary N) is 1. The third-order valence-corrected chi connectivity index (χ3v) is 5.90. The van der Waals surface area contributed by atoms with Crippen LogP contribution in [0.15, 0.2) is 48.8 Å². The maximum atomic E-state index is 12.7. The minimum atomic E-state index is -0.240. The average Bonchev–Trinajstić information content (AvgIpc) is 2.74. The molecule has 1 saturated heterocycles. The summed E-state index contributed by atoms with van der Waals surface area (Å²) in [6, 6.07) is 11.7. The predicted molar refractivity (Wildman–Crippen MR) is 115 cm³/mol. The molecule has 6 nitrogen and oxygen atoms in total. The number of pyridine rings is 1. The lowest BCUT2D eigenvalue weighted by atomic mass is 10.2. The summed E-state index contributed by atoms with van der Waals surface area (Å²) in [6.07, 6.45) is 3.57. The zero-order chi connectivity index (χ0) is 19.9. The van der Waals surface area contributed by atoms with Crippen molar-refractivity contribution in [2.75, 3.05) is 42.1 Å². The Morgan fingerprint density at radius 1 is 1.07 bits per heavy atom. The largest absolute Gasteiger partial charge is 0.368 e. The van der Waals surface area contributed by atoms with Gasteiger partial charge in [0.1, 0.15) is 0 Å². The second-order valence-corrected chi connectivity index (χ2v) is 8.21. The normalized spacial score (nSPS) is 15.2. The third kappa shape index (κ3) is 5.48. The van der Waals surface area contributed by atoms with E-state index in [-0.39, 0.29) is 22.8 Å². The molecule has 1 aliphatic heterocycles. The number of carbonyl (C=O) groups is 2. The molecule has 1 aromatic heterocycles. The van der Waals surface area contributed by atoms with Crippen LogP contribution in [0.5, 0.6) is 0 Å². The second kappa shape index (κ2) is 9.59. The number of rotatable bonds is 6. The number of carbonyl (C=O) groups excluding carboxylic acids is 2. The Morgan fingerprint density at radius 2 is 1.71 bits per heavy atom. The summed E-state index contributed by atoms with van der Waals surface area (Å²) in [5.41, 5.74) is 3.07. The Hall–Kier alpha value is -2.54. The molecule has 0 unspecified atom stereocenters. The molecule has 0 bridgehead atoms. The minimum absolute atomic E-state index is 0.0870. The number of amides is 2. The molecule has 0 aliphatic carbocycles. The molecule has 2 heterocycles. The van der Waals surface area contributed by atoms with Crippen LogP contribution in [0, 0.1) is 6.92 Å². The summed E-state index contributed by atoms with van der Waals surface area (Å²) < 4.78 is 0. The number of piperazine rings is 1. The second-order valence-electron chi connectivity index (χ2n) is 6.89. The van der Waals surface area contributed by atoms with Crippen molar-refractivity contribution in [3.63, 3.8) is 0 Å². The highest BCUT2D eigenvalue weighted by Gasteiger charge is 2.25. The summed E-state index contributed by atoms with van der Waals surface area (Å²) in [5.74, 6) is 0.274. The maximum Gasteiger partial charge on any atom is 0.235 e. The van der Waals surface area contributed by atoms with E-state index in [0.717, 1.165) is 30.0 Å². The first-order valence-electron chi connectivity index (χ1n) is 9.45. The molecular weight excluding hydrogens is 372 g/mol. The van der Waals surface area contributed by atoms with Gasteiger partial charge in [0.25, 0.3) is 0 Å². The van der Waals surface area contributed by atoms with Gasteiger partial charge in [0.15, 0.2) is 0 Å². The Morgan fingerprint density at radius 3 is 2.36 bits per heavy atom. The first-order chi connectivity index (χ1) is 13.5. The molecule has 3 rings (SSSR count). The van der Waals surface area contributed by atoms with Gasteiger partial charge >= 0.3 is 0 Å². The van der Waals surface area contributed by atoms with Gasteiger partial charge < -0.3 is 15.1 Å². The van der Waals surface area contributed by atoms with Crippen LogP contribution in [-0.4, -0.2) is 58.9 Å². The van der Waals surface area contributed by atoms with Crippen molar-refractivity contribution in [2.45, 2.75) is 19.1 Å². The van der Waals surface area contributed by atoms with E-state index in [1.165, 1.54) is 11.8 Å². The van der Waals surface area contributed by atoms with Gasteiger partial charge in [-0.1, -0.05) is 17.7 Å². The molecular formula is C21H26N4O2S. The Kier molecular flexibility index (Phi) is 6.92. The lowest BCUT2D eigenvalue weighted by molar-refractivity contribution is -0.130. The van der Waals surface area contributed by atoms with Crippen LogP contribution in [-0.2, 0) is 9.59 Å². The molecule has 1 aromatic carbocycles. The van der Waals surface area contributed by atoms with E-state index >= 15 is 0 Å². The maximum absolute atomic E-state index is 12.7. The summed E-state index contributed by atoms with van der Waals surface area (Å²) in [5, 5.41) is 2.63. The van der Waals surface area contributed by atoms with E-state index in [2.05, 4.69) is 15.2 Å². The van der Waals surface area contributed by atoms with Crippen LogP contribution in [0.2, 0.25) is 0 Å². The number of anilines is 2. The fourth-order valence-corrected chi connectivity index (χ4v) is 3.87. The zero-order valence-corrected chi connectivity index (χ0v) is 17.1. The van der Waals surface area contributed by atoms with Crippen molar-refractivity contribution in [2.24, 2.45) is 0 Å². The number of nitrogens with zero attached hydrogens (tertiary/aromatic N) is 3. The number of benzene rings is 1. The molecule has 28 heavy (non-hydrogen) atoms. The predicted octanol–water partition coefficient (Wildman–Crippen LogP) is 2.80. The van der Waals surface area contributed by atoms with Crippen LogP contribution in [0.3, 0.4) is 0 Å². The van der Waals surface area contributed by atoms with E-state index in [9.17, 15) is 9.59 Å². The number of hydrogen-bond acceptors (Lipinski definition) is 5. The summed E-state index contributed by atoms with van der Waals surface area (Å²) in [4.78, 5) is 33.0. The highest BCUT2D eigenvalue weighted by molar-refractivity contribution is 8.01. The van der Waals surface area contributed by atoms with Crippen LogP contribution in [0.1, 0.15) is 12.5 Å². The number of thioether (sulfide) groups is 1. The van der Waals surface area contributed by atoms with Gasteiger partial charge in [-0.2, -0.15) is 0 Å². The topological polar surface area (TPSA) is 65.5 Å². The van der Waals surface area contributed by atoms with E-state index in [0.29, 0.717) is 13.1 Å². The van der Waals surface area contributed by atoms with Crippen LogP contribution >= 0.6 is 11.8 Å². The molecule has 0 saturated carbocycles. The highest BCUT2D eigenvalue weighted by Crippen LogP contribution is 2.19. The van der Waals surface area contributed by atoms with Gasteiger partial charge in [-0.3, -0.25) is 14.6 Å². The van der Waals surface area contributed by atoms with E-state index in [4.69, 9.17) is 0 Å². The number of hydrogen-bond donors (Lipinski definition) is 1. The fraction of sp³-hybridized carbons (Fsp3) is 0.381. The van der Waals surface area contributed by atoms with Gasteiger partial charge in [0.2, 0.25) is 11.8 Å². The number of aromatic nitrogens is 1. The average molecular weight is 399 g/mol. The molecule has 1 aliphatic rings. The summed E-state index contributed by atoms with van der Waals surface area (Å²) >= 11 is 1.38. The summed E-state index contributed by atoms with van der Waals surface area (Å²) in [7, 11) is 0. The van der Waals surface area contributed by atoms with Gasteiger partial charge in [-0.25, -0.2) is 0 Å². The molecule has 0 spiro atoms. The van der Waals surface area contributed by atoms with E-state index < -0.39 is 0 Å². The van der Waals surface area contributed by atoms with Crippen LogP contribution in [0.4, 0.5) is 11.4 Å². The van der Waals surface area contributed by atoms with Crippen molar-refractivity contribution in [3.05, 3.63) is 54.4 Å². The highest BCUT2D eigenvalue weighted by atomic mass is 32.2. The van der Waals surface area contributed by atoms with Crippen molar-refractivity contribution < 1.29 is 9.59 Å². The first-order valence-corrected chi connectivity index (χ1v) is 10.5. The third-order valence-electron chi connectivity index (χ3n) is 4.77. The fourth-order valence-electron chi connectivity index (χ4n) is 3.10. The standard InChI is InChI=1S/C21H26N4O2S/c1-16-3-5-18(6-4-16)23-20(26)15-28-17(2)21(27)25-13-11-24(12-14-25)19-7-9-22-10-8-19/h3-10,17H,11-15H2,1-2H3,(H,23,26)/t17-/m0/s1. The van der Waals surface area contributed by atoms with Gasteiger partial charge in [0, 0.05) is 49.9 Å². The SMILES string of the molecule is Cc1ccc(NC(=O)CS[C@@H](C)C(=O)N2CCN(c3ccncc3)CC2)cc1. The Labute approximate surface area is 170 Å².